The van der Waals surface area contributed by atoms with Gasteiger partial charge >= 0.3 is 0 Å². The third-order valence-corrected chi connectivity index (χ3v) is 15.4. The van der Waals surface area contributed by atoms with Crippen LogP contribution in [0.2, 0.25) is 0 Å². The van der Waals surface area contributed by atoms with Crippen LogP contribution in [0.1, 0.15) is 174 Å². The fraction of sp³-hybridized carbons (Fsp3) is 0.373. The molecule has 7 aromatic carbocycles. The van der Waals surface area contributed by atoms with Crippen molar-refractivity contribution in [3.05, 3.63) is 185 Å². The quantitative estimate of drug-likeness (QED) is 0.154. The van der Waals surface area contributed by atoms with Crippen molar-refractivity contribution in [2.75, 3.05) is 4.90 Å². The van der Waals surface area contributed by atoms with E-state index < -0.39 is 0 Å². The summed E-state index contributed by atoms with van der Waals surface area (Å²) in [5, 5.41) is 0. The molecule has 0 aromatic heterocycles. The second kappa shape index (κ2) is 17.4. The molecule has 0 atom stereocenters. The van der Waals surface area contributed by atoms with Gasteiger partial charge in [0, 0.05) is 22.5 Å². The number of benzene rings is 7. The molecular weight excluding hydrogens is 819 g/mol. The maximum absolute atomic E-state index is 2.58. The lowest BCUT2D eigenvalue weighted by Crippen LogP contribution is -2.18. The first-order valence-electron chi connectivity index (χ1n) is 25.7. The summed E-state index contributed by atoms with van der Waals surface area (Å²) in [4.78, 5) is 2.58. The summed E-state index contributed by atoms with van der Waals surface area (Å²) in [6.07, 6.45) is 6.43. The minimum absolute atomic E-state index is 0.0292. The van der Waals surface area contributed by atoms with E-state index in [9.17, 15) is 0 Å². The molecule has 1 nitrogen and oxygen atoms in total. The Labute approximate surface area is 411 Å². The van der Waals surface area contributed by atoms with Crippen molar-refractivity contribution in [1.29, 1.82) is 0 Å². The molecule has 0 saturated heterocycles. The molecule has 7 aromatic rings. The highest BCUT2D eigenvalue weighted by molar-refractivity contribution is 5.88. The Hall–Kier alpha value is -5.66. The topological polar surface area (TPSA) is 3.24 Å². The maximum Gasteiger partial charge on any atom is 0.0496 e. The Morgan fingerprint density at radius 2 is 0.838 bits per heavy atom. The molecular formula is C67H77N. The first-order valence-corrected chi connectivity index (χ1v) is 25.7. The van der Waals surface area contributed by atoms with Gasteiger partial charge in [0.05, 0.1) is 0 Å². The van der Waals surface area contributed by atoms with E-state index in [2.05, 4.69) is 247 Å². The van der Waals surface area contributed by atoms with Gasteiger partial charge in [0.15, 0.2) is 0 Å². The standard InChI is InChI=1S/C67H77N/c1-63(2,3)51-35-46(33-47(36-51)48-34-49(38-52(37-48)64(4,5)6)50-39-53(65(7,8)9)42-54(40-50)66(10,11)12)45-25-22-26-55(41-45)68(62-30-21-19-27-57(62)44-23-16-15-17-24-44)56-31-32-59-58-28-18-20-29-60(58)67(13,14)61(59)43-56/h18-22,25-44H,15-17,23-24H2,1-14H3. The zero-order valence-corrected chi connectivity index (χ0v) is 43.9. The molecule has 1 saturated carbocycles. The second-order valence-electron chi connectivity index (χ2n) is 25.1. The van der Waals surface area contributed by atoms with Crippen molar-refractivity contribution in [1.82, 2.24) is 0 Å². The van der Waals surface area contributed by atoms with Gasteiger partial charge in [-0.1, -0.05) is 219 Å². The minimum atomic E-state index is -0.101. The molecule has 0 N–H and O–H groups in total. The molecule has 0 spiro atoms. The van der Waals surface area contributed by atoms with E-state index in [0.717, 1.165) is 0 Å². The molecule has 1 fully saturated rings. The first-order chi connectivity index (χ1) is 32.0. The van der Waals surface area contributed by atoms with Crippen molar-refractivity contribution >= 4 is 17.1 Å². The van der Waals surface area contributed by atoms with E-state index in [-0.39, 0.29) is 27.1 Å². The lowest BCUT2D eigenvalue weighted by Gasteiger charge is -2.33. The van der Waals surface area contributed by atoms with Crippen LogP contribution < -0.4 is 4.90 Å². The molecule has 0 amide bonds. The van der Waals surface area contributed by atoms with Crippen LogP contribution in [0.25, 0.3) is 44.5 Å². The van der Waals surface area contributed by atoms with Crippen LogP contribution in [0, 0.1) is 0 Å². The van der Waals surface area contributed by atoms with Gasteiger partial charge in [-0.3, -0.25) is 0 Å². The van der Waals surface area contributed by atoms with E-state index in [1.54, 1.807) is 0 Å². The second-order valence-corrected chi connectivity index (χ2v) is 25.1. The van der Waals surface area contributed by atoms with Gasteiger partial charge in [-0.05, 0) is 166 Å². The van der Waals surface area contributed by atoms with Gasteiger partial charge in [-0.25, -0.2) is 0 Å². The van der Waals surface area contributed by atoms with Gasteiger partial charge in [-0.15, -0.1) is 0 Å². The normalized spacial score (nSPS) is 15.3. The lowest BCUT2D eigenvalue weighted by atomic mass is 9.77. The smallest absolute Gasteiger partial charge is 0.0496 e. The van der Waals surface area contributed by atoms with Crippen LogP contribution in [0.15, 0.2) is 146 Å². The van der Waals surface area contributed by atoms with E-state index in [1.807, 2.05) is 0 Å². The fourth-order valence-electron chi connectivity index (χ4n) is 11.0. The van der Waals surface area contributed by atoms with Crippen LogP contribution in [0.5, 0.6) is 0 Å². The predicted molar refractivity (Wildman–Crippen MR) is 296 cm³/mol. The number of hydrogen-bond acceptors (Lipinski definition) is 1. The van der Waals surface area contributed by atoms with Crippen LogP contribution >= 0.6 is 0 Å². The van der Waals surface area contributed by atoms with Crippen molar-refractivity contribution < 1.29 is 0 Å². The predicted octanol–water partition coefficient (Wildman–Crippen LogP) is 19.7. The number of rotatable bonds is 7. The van der Waals surface area contributed by atoms with Crippen molar-refractivity contribution in [2.24, 2.45) is 0 Å². The summed E-state index contributed by atoms with van der Waals surface area (Å²) in [5.41, 5.74) is 23.5. The molecule has 68 heavy (non-hydrogen) atoms. The molecule has 350 valence electrons. The molecule has 0 radical (unpaired) electrons. The van der Waals surface area contributed by atoms with Crippen molar-refractivity contribution in [3.63, 3.8) is 0 Å². The number of fused-ring (bicyclic) bond motifs is 3. The molecule has 9 rings (SSSR count). The molecule has 0 bridgehead atoms. The maximum atomic E-state index is 2.58. The molecule has 1 heteroatoms. The van der Waals surface area contributed by atoms with Gasteiger partial charge in [-0.2, -0.15) is 0 Å². The molecule has 0 unspecified atom stereocenters. The highest BCUT2D eigenvalue weighted by Crippen LogP contribution is 2.52. The monoisotopic (exact) mass is 896 g/mol. The SMILES string of the molecule is CC(C)(C)c1cc(-c2cccc(N(c3ccc4c(c3)C(C)(C)c3ccccc3-4)c3ccccc3C3CCCCC3)c2)cc(-c2cc(-c3cc(C(C)(C)C)cc(C(C)(C)C)c3)cc(C(C)(C)C)c2)c1. The molecule has 0 aliphatic heterocycles. The lowest BCUT2D eigenvalue weighted by molar-refractivity contribution is 0.444. The average molecular weight is 896 g/mol. The molecule has 2 aliphatic carbocycles. The number of hydrogen-bond donors (Lipinski definition) is 0. The third-order valence-electron chi connectivity index (χ3n) is 15.4. The zero-order valence-electron chi connectivity index (χ0n) is 43.9. The van der Waals surface area contributed by atoms with Crippen molar-refractivity contribution in [2.45, 2.75) is 162 Å². The highest BCUT2D eigenvalue weighted by Gasteiger charge is 2.36. The van der Waals surface area contributed by atoms with Gasteiger partial charge in [0.1, 0.15) is 0 Å². The minimum Gasteiger partial charge on any atom is -0.310 e. The summed E-state index contributed by atoms with van der Waals surface area (Å²) in [6, 6.07) is 57.0. The van der Waals surface area contributed by atoms with Crippen molar-refractivity contribution in [3.8, 4) is 44.5 Å². The van der Waals surface area contributed by atoms with E-state index in [0.29, 0.717) is 5.92 Å². The van der Waals surface area contributed by atoms with E-state index in [4.69, 9.17) is 0 Å². The molecule has 2 aliphatic rings. The van der Waals surface area contributed by atoms with E-state index >= 15 is 0 Å². The Kier molecular flexibility index (Phi) is 12.1. The van der Waals surface area contributed by atoms with Gasteiger partial charge in [0.25, 0.3) is 0 Å². The summed E-state index contributed by atoms with van der Waals surface area (Å²) in [7, 11) is 0. The Bertz CT molecular complexity index is 2960. The Morgan fingerprint density at radius 3 is 1.40 bits per heavy atom. The number of nitrogens with zero attached hydrogens (tertiary/aromatic N) is 1. The van der Waals surface area contributed by atoms with Crippen LogP contribution in [0.4, 0.5) is 17.1 Å². The Morgan fingerprint density at radius 1 is 0.382 bits per heavy atom. The summed E-state index contributed by atoms with van der Waals surface area (Å²) < 4.78 is 0. The highest BCUT2D eigenvalue weighted by atomic mass is 15.1. The first kappa shape index (κ1) is 47.4. The number of para-hydroxylation sites is 1. The third kappa shape index (κ3) is 9.28. The fourth-order valence-corrected chi connectivity index (χ4v) is 11.0. The largest absolute Gasteiger partial charge is 0.310 e. The van der Waals surface area contributed by atoms with Gasteiger partial charge in [0.2, 0.25) is 0 Å². The number of anilines is 3. The summed E-state index contributed by atoms with van der Waals surface area (Å²) in [5.74, 6) is 0.552. The van der Waals surface area contributed by atoms with Crippen LogP contribution in [-0.4, -0.2) is 0 Å². The van der Waals surface area contributed by atoms with E-state index in [1.165, 1.54) is 133 Å². The van der Waals surface area contributed by atoms with Crippen LogP contribution in [-0.2, 0) is 27.1 Å². The summed E-state index contributed by atoms with van der Waals surface area (Å²) in [6.45, 7) is 32.9. The Balaban J connectivity index is 1.22. The molecule has 0 heterocycles. The van der Waals surface area contributed by atoms with Crippen LogP contribution in [0.3, 0.4) is 0 Å². The zero-order chi connectivity index (χ0) is 48.6. The summed E-state index contributed by atoms with van der Waals surface area (Å²) >= 11 is 0. The van der Waals surface area contributed by atoms with Gasteiger partial charge < -0.3 is 4.90 Å². The average Bonchev–Trinajstić information content (AvgIpc) is 3.53.